The first-order valence-electron chi connectivity index (χ1n) is 16.8. The van der Waals surface area contributed by atoms with E-state index in [4.69, 9.17) is 10.1 Å². The Hall–Kier alpha value is -6.92. The van der Waals surface area contributed by atoms with E-state index in [1.165, 1.54) is 38.0 Å². The summed E-state index contributed by atoms with van der Waals surface area (Å²) >= 11 is 0. The molecule has 6 heteroatoms. The standard InChI is InChI=1S/C44H28N6/c1-5-18-39-33(13-1)34-14-2-6-19-40(34)48(39)30-11-9-12-31(25-30)49-41-20-7-3-15-35(41)37-23-22-29(26-43(37)49)47-28-32(27-46-47)50-42-21-8-4-16-36(42)38-17-10-24-45-44(38)50/h1-28H. The summed E-state index contributed by atoms with van der Waals surface area (Å²) in [5.74, 6) is 0. The van der Waals surface area contributed by atoms with Crippen LogP contribution in [-0.2, 0) is 0 Å². The first kappa shape index (κ1) is 27.1. The molecule has 0 aliphatic carbocycles. The van der Waals surface area contributed by atoms with E-state index in [2.05, 4.69) is 165 Å². The van der Waals surface area contributed by atoms with Crippen molar-refractivity contribution in [3.05, 3.63) is 170 Å². The van der Waals surface area contributed by atoms with Crippen LogP contribution < -0.4 is 0 Å². The quantitative estimate of drug-likeness (QED) is 0.192. The highest BCUT2D eigenvalue weighted by Gasteiger charge is 2.18. The molecule has 0 aliphatic heterocycles. The molecule has 50 heavy (non-hydrogen) atoms. The van der Waals surface area contributed by atoms with E-state index >= 15 is 0 Å². The van der Waals surface area contributed by atoms with Gasteiger partial charge in [-0.1, -0.05) is 84.9 Å². The molecule has 0 radical (unpaired) electrons. The molecule has 0 atom stereocenters. The van der Waals surface area contributed by atoms with Crippen LogP contribution in [0.3, 0.4) is 0 Å². The number of hydrogen-bond donors (Lipinski definition) is 0. The number of rotatable bonds is 4. The molecule has 0 spiro atoms. The van der Waals surface area contributed by atoms with Crippen LogP contribution in [0.4, 0.5) is 0 Å². The number of hydrogen-bond acceptors (Lipinski definition) is 2. The fraction of sp³-hybridized carbons (Fsp3) is 0. The average molecular weight is 641 g/mol. The Morgan fingerprint density at radius 1 is 0.360 bits per heavy atom. The summed E-state index contributed by atoms with van der Waals surface area (Å²) in [6.07, 6.45) is 5.87. The predicted molar refractivity (Wildman–Crippen MR) is 204 cm³/mol. The summed E-state index contributed by atoms with van der Waals surface area (Å²) < 4.78 is 8.92. The third kappa shape index (κ3) is 3.78. The number of benzene rings is 6. The van der Waals surface area contributed by atoms with Gasteiger partial charge in [0.15, 0.2) is 0 Å². The molecule has 11 rings (SSSR count). The summed E-state index contributed by atoms with van der Waals surface area (Å²) in [6, 6.07) is 54.1. The van der Waals surface area contributed by atoms with Gasteiger partial charge >= 0.3 is 0 Å². The molecule has 6 aromatic carbocycles. The van der Waals surface area contributed by atoms with Crippen LogP contribution in [0.15, 0.2) is 170 Å². The van der Waals surface area contributed by atoms with Crippen LogP contribution in [0.5, 0.6) is 0 Å². The molecule has 234 valence electrons. The zero-order valence-electron chi connectivity index (χ0n) is 26.8. The number of nitrogens with zero attached hydrogens (tertiary/aromatic N) is 6. The Labute approximate surface area is 286 Å². The Kier molecular flexibility index (Phi) is 5.57. The molecule has 0 fully saturated rings. The Morgan fingerprint density at radius 2 is 0.880 bits per heavy atom. The van der Waals surface area contributed by atoms with Crippen molar-refractivity contribution >= 4 is 65.5 Å². The molecule has 0 saturated heterocycles. The van der Waals surface area contributed by atoms with Gasteiger partial charge in [-0.3, -0.25) is 4.57 Å². The van der Waals surface area contributed by atoms with Crippen LogP contribution in [-0.4, -0.2) is 28.5 Å². The molecule has 5 heterocycles. The fourth-order valence-electron chi connectivity index (χ4n) is 7.98. The molecule has 6 nitrogen and oxygen atoms in total. The lowest BCUT2D eigenvalue weighted by atomic mass is 10.1. The summed E-state index contributed by atoms with van der Waals surface area (Å²) in [4.78, 5) is 4.77. The molecule has 0 amide bonds. The summed E-state index contributed by atoms with van der Waals surface area (Å²) in [6.45, 7) is 0. The van der Waals surface area contributed by atoms with Crippen molar-refractivity contribution in [1.29, 1.82) is 0 Å². The molecule has 0 aliphatic rings. The van der Waals surface area contributed by atoms with E-state index in [0.29, 0.717) is 0 Å². The number of pyridine rings is 1. The second-order valence-electron chi connectivity index (χ2n) is 12.8. The van der Waals surface area contributed by atoms with Crippen molar-refractivity contribution in [3.63, 3.8) is 0 Å². The average Bonchev–Trinajstić information content (AvgIpc) is 3.94. The summed E-state index contributed by atoms with van der Waals surface area (Å²) in [5, 5.41) is 12.1. The molecular formula is C44H28N6. The van der Waals surface area contributed by atoms with E-state index < -0.39 is 0 Å². The molecule has 0 bridgehead atoms. The third-order valence-corrected chi connectivity index (χ3v) is 10.1. The molecule has 0 saturated carbocycles. The predicted octanol–water partition coefficient (Wildman–Crippen LogP) is 10.6. The molecule has 0 N–H and O–H groups in total. The van der Waals surface area contributed by atoms with Crippen molar-refractivity contribution in [1.82, 2.24) is 28.5 Å². The van der Waals surface area contributed by atoms with Crippen LogP contribution in [0.25, 0.3) is 88.3 Å². The van der Waals surface area contributed by atoms with Gasteiger partial charge < -0.3 is 9.13 Å². The Balaban J connectivity index is 1.10. The van der Waals surface area contributed by atoms with E-state index in [1.807, 2.05) is 23.1 Å². The maximum absolute atomic E-state index is 4.88. The van der Waals surface area contributed by atoms with Crippen molar-refractivity contribution < 1.29 is 0 Å². The van der Waals surface area contributed by atoms with Crippen LogP contribution in [0.2, 0.25) is 0 Å². The van der Waals surface area contributed by atoms with Gasteiger partial charge in [-0.2, -0.15) is 5.10 Å². The minimum atomic E-state index is 0.923. The number of fused-ring (bicyclic) bond motifs is 9. The highest BCUT2D eigenvalue weighted by Crippen LogP contribution is 2.36. The fourth-order valence-corrected chi connectivity index (χ4v) is 7.98. The maximum Gasteiger partial charge on any atom is 0.145 e. The molecule has 5 aromatic heterocycles. The minimum absolute atomic E-state index is 0.923. The topological polar surface area (TPSA) is 45.5 Å². The number of aromatic nitrogens is 6. The van der Waals surface area contributed by atoms with Gasteiger partial charge in [0.25, 0.3) is 0 Å². The van der Waals surface area contributed by atoms with Crippen LogP contribution >= 0.6 is 0 Å². The zero-order chi connectivity index (χ0) is 32.8. The molecular weight excluding hydrogens is 613 g/mol. The van der Waals surface area contributed by atoms with Gasteiger partial charge in [0.1, 0.15) is 5.65 Å². The minimum Gasteiger partial charge on any atom is -0.309 e. The number of para-hydroxylation sites is 4. The van der Waals surface area contributed by atoms with Gasteiger partial charge in [0, 0.05) is 49.9 Å². The Bertz CT molecular complexity index is 3010. The van der Waals surface area contributed by atoms with E-state index in [1.54, 1.807) is 0 Å². The lowest BCUT2D eigenvalue weighted by Gasteiger charge is -2.13. The van der Waals surface area contributed by atoms with Gasteiger partial charge in [0.2, 0.25) is 0 Å². The van der Waals surface area contributed by atoms with Crippen molar-refractivity contribution in [2.45, 2.75) is 0 Å². The lowest BCUT2D eigenvalue weighted by Crippen LogP contribution is -1.99. The van der Waals surface area contributed by atoms with Gasteiger partial charge in [-0.15, -0.1) is 0 Å². The van der Waals surface area contributed by atoms with Gasteiger partial charge in [-0.25, -0.2) is 9.67 Å². The highest BCUT2D eigenvalue weighted by molar-refractivity contribution is 6.11. The highest BCUT2D eigenvalue weighted by atomic mass is 15.3. The normalized spacial score (nSPS) is 12.0. The van der Waals surface area contributed by atoms with Gasteiger partial charge in [0.05, 0.1) is 51.4 Å². The summed E-state index contributed by atoms with van der Waals surface area (Å²) in [5.41, 5.74) is 10.9. The monoisotopic (exact) mass is 640 g/mol. The zero-order valence-corrected chi connectivity index (χ0v) is 26.8. The van der Waals surface area contributed by atoms with Crippen molar-refractivity contribution in [3.8, 4) is 22.7 Å². The Morgan fingerprint density at radius 3 is 1.52 bits per heavy atom. The smallest absolute Gasteiger partial charge is 0.145 e. The second-order valence-corrected chi connectivity index (χ2v) is 12.8. The van der Waals surface area contributed by atoms with E-state index in [-0.39, 0.29) is 0 Å². The van der Waals surface area contributed by atoms with Crippen LogP contribution in [0.1, 0.15) is 0 Å². The van der Waals surface area contributed by atoms with E-state index in [0.717, 1.165) is 50.3 Å². The third-order valence-electron chi connectivity index (χ3n) is 10.1. The molecule has 0 unspecified atom stereocenters. The largest absolute Gasteiger partial charge is 0.309 e. The SMILES string of the molecule is c1cc(-n2c3ccccc3c3ccccc32)cc(-n2c3ccccc3c3ccc(-n4cc(-n5c6ccccc6c6cccnc65)cn4)cc32)c1. The van der Waals surface area contributed by atoms with Crippen molar-refractivity contribution in [2.75, 3.05) is 0 Å². The van der Waals surface area contributed by atoms with Gasteiger partial charge in [-0.05, 0) is 66.7 Å². The van der Waals surface area contributed by atoms with Crippen molar-refractivity contribution in [2.24, 2.45) is 0 Å². The first-order valence-corrected chi connectivity index (χ1v) is 16.8. The summed E-state index contributed by atoms with van der Waals surface area (Å²) in [7, 11) is 0. The van der Waals surface area contributed by atoms with E-state index in [9.17, 15) is 0 Å². The first-order chi connectivity index (χ1) is 24.8. The second kappa shape index (κ2) is 10.3. The molecule has 11 aromatic rings. The maximum atomic E-state index is 4.88. The van der Waals surface area contributed by atoms with Crippen LogP contribution in [0, 0.1) is 0 Å². The lowest BCUT2D eigenvalue weighted by molar-refractivity contribution is 0.881.